The second kappa shape index (κ2) is 11.8. The molecule has 1 fully saturated rings. The Kier molecular flexibility index (Phi) is 8.09. The van der Waals surface area contributed by atoms with E-state index in [2.05, 4.69) is 20.9 Å². The number of methoxy groups -OCH3 is 1. The summed E-state index contributed by atoms with van der Waals surface area (Å²) >= 11 is 0. The predicted molar refractivity (Wildman–Crippen MR) is 144 cm³/mol. The predicted octanol–water partition coefficient (Wildman–Crippen LogP) is 2.14. The number of likely N-dealkylation sites (tertiary alicyclic amines) is 1. The molecule has 0 unspecified atom stereocenters. The zero-order valence-electron chi connectivity index (χ0n) is 22.4. The first kappa shape index (κ1) is 27.3. The van der Waals surface area contributed by atoms with Gasteiger partial charge in [0.15, 0.2) is 0 Å². The summed E-state index contributed by atoms with van der Waals surface area (Å²) in [7, 11) is 1.43. The summed E-state index contributed by atoms with van der Waals surface area (Å²) in [5, 5.41) is 14.5. The van der Waals surface area contributed by atoms with Gasteiger partial charge in [-0.3, -0.25) is 19.1 Å². The molecule has 3 aromatic rings. The number of halogens is 1. The van der Waals surface area contributed by atoms with E-state index in [-0.39, 0.29) is 42.1 Å². The summed E-state index contributed by atoms with van der Waals surface area (Å²) in [4.78, 5) is 42.2. The van der Waals surface area contributed by atoms with E-state index in [9.17, 15) is 18.8 Å². The number of nitrogens with zero attached hydrogens (tertiary/aromatic N) is 4. The number of aryl methyl sites for hydroxylation is 1. The molecule has 2 bridgehead atoms. The fraction of sp³-hybridized carbons (Fsp3) is 0.414. The van der Waals surface area contributed by atoms with Gasteiger partial charge in [-0.25, -0.2) is 4.39 Å². The van der Waals surface area contributed by atoms with Gasteiger partial charge in [-0.05, 0) is 43.0 Å². The van der Waals surface area contributed by atoms with Crippen LogP contribution in [0.15, 0.2) is 54.7 Å². The summed E-state index contributed by atoms with van der Waals surface area (Å²) < 4.78 is 21.0. The molecule has 5 rings (SSSR count). The van der Waals surface area contributed by atoms with Crippen LogP contribution in [0.25, 0.3) is 0 Å². The maximum Gasteiger partial charge on any atom is 0.257 e. The molecule has 0 aliphatic carbocycles. The minimum absolute atomic E-state index is 0.139. The quantitative estimate of drug-likeness (QED) is 0.516. The SMILES string of the molecule is COc1ccc(F)cc1C(=O)N1CCC2(CC1)Cc1cn(nn1)CCCNC(=O)[C@H](Cc1ccccc1)NC2=O. The molecule has 3 heterocycles. The van der Waals surface area contributed by atoms with Crippen molar-refractivity contribution in [1.29, 1.82) is 0 Å². The average Bonchev–Trinajstić information content (AvgIpc) is 3.41. The third kappa shape index (κ3) is 5.98. The van der Waals surface area contributed by atoms with Gasteiger partial charge in [-0.1, -0.05) is 35.5 Å². The van der Waals surface area contributed by atoms with Crippen LogP contribution in [-0.2, 0) is 29.0 Å². The second-order valence-electron chi connectivity index (χ2n) is 10.4. The Bertz CT molecular complexity index is 1370. The molecule has 0 saturated carbocycles. The van der Waals surface area contributed by atoms with E-state index in [1.165, 1.54) is 25.3 Å². The fourth-order valence-corrected chi connectivity index (χ4v) is 5.46. The topological polar surface area (TPSA) is 118 Å². The molecule has 2 aromatic carbocycles. The van der Waals surface area contributed by atoms with Crippen LogP contribution >= 0.6 is 0 Å². The molecule has 1 saturated heterocycles. The Morgan fingerprint density at radius 1 is 1.12 bits per heavy atom. The Balaban J connectivity index is 1.40. The van der Waals surface area contributed by atoms with E-state index < -0.39 is 17.3 Å². The number of hydrogen-bond acceptors (Lipinski definition) is 6. The third-order valence-corrected chi connectivity index (χ3v) is 7.75. The normalized spacial score (nSPS) is 19.6. The van der Waals surface area contributed by atoms with Gasteiger partial charge in [-0.15, -0.1) is 5.10 Å². The number of carbonyl (C=O) groups excluding carboxylic acids is 3. The van der Waals surface area contributed by atoms with Crippen molar-refractivity contribution in [3.05, 3.63) is 77.4 Å². The van der Waals surface area contributed by atoms with Gasteiger partial charge in [-0.2, -0.15) is 0 Å². The Hall–Kier alpha value is -4.28. The number of piperidine rings is 1. The average molecular weight is 549 g/mol. The molecule has 2 aliphatic heterocycles. The third-order valence-electron chi connectivity index (χ3n) is 7.75. The lowest BCUT2D eigenvalue weighted by Gasteiger charge is -2.41. The number of rotatable bonds is 4. The number of hydrogen-bond donors (Lipinski definition) is 2. The molecule has 0 radical (unpaired) electrons. The maximum atomic E-state index is 14.0. The van der Waals surface area contributed by atoms with Crippen molar-refractivity contribution in [2.24, 2.45) is 5.41 Å². The summed E-state index contributed by atoms with van der Waals surface area (Å²) in [5.41, 5.74) is 0.847. The zero-order valence-corrected chi connectivity index (χ0v) is 22.4. The van der Waals surface area contributed by atoms with Gasteiger partial charge in [0.25, 0.3) is 5.91 Å². The number of aromatic nitrogens is 3. The van der Waals surface area contributed by atoms with Crippen LogP contribution in [0.5, 0.6) is 5.75 Å². The van der Waals surface area contributed by atoms with Gasteiger partial charge < -0.3 is 20.3 Å². The fourth-order valence-electron chi connectivity index (χ4n) is 5.46. The summed E-state index contributed by atoms with van der Waals surface area (Å²) in [6.07, 6.45) is 3.87. The van der Waals surface area contributed by atoms with Crippen LogP contribution in [0.1, 0.15) is 40.9 Å². The molecule has 3 amide bonds. The molecular formula is C29H33FN6O4. The minimum Gasteiger partial charge on any atom is -0.496 e. The first-order valence-electron chi connectivity index (χ1n) is 13.5. The van der Waals surface area contributed by atoms with E-state index in [0.29, 0.717) is 50.9 Å². The number of ether oxygens (including phenoxy) is 1. The number of amides is 3. The number of carbonyl (C=O) groups is 3. The molecule has 1 atom stereocenters. The maximum absolute atomic E-state index is 14.0. The molecule has 11 heteroatoms. The van der Waals surface area contributed by atoms with Crippen molar-refractivity contribution in [2.75, 3.05) is 26.7 Å². The van der Waals surface area contributed by atoms with E-state index in [0.717, 1.165) is 5.56 Å². The monoisotopic (exact) mass is 548 g/mol. The van der Waals surface area contributed by atoms with Crippen LogP contribution < -0.4 is 15.4 Å². The Labute approximate surface area is 231 Å². The van der Waals surface area contributed by atoms with E-state index in [1.807, 2.05) is 36.5 Å². The van der Waals surface area contributed by atoms with Gasteiger partial charge in [0, 0.05) is 45.2 Å². The standard InChI is InChI=1S/C29H33FN6O4/c1-40-25-9-8-21(30)17-23(25)27(38)35-14-10-29(11-15-35)18-22-19-36(34-33-22)13-5-12-31-26(37)24(32-28(29)39)16-20-6-3-2-4-7-20/h2-4,6-9,17,19,24H,5,10-16,18H2,1H3,(H,31,37)(H,32,39)/t24-/m0/s1. The molecule has 40 heavy (non-hydrogen) atoms. The number of benzene rings is 2. The first-order chi connectivity index (χ1) is 19.4. The lowest BCUT2D eigenvalue weighted by atomic mass is 9.73. The highest BCUT2D eigenvalue weighted by molar-refractivity contribution is 5.97. The molecule has 1 aromatic heterocycles. The molecule has 2 N–H and O–H groups in total. The van der Waals surface area contributed by atoms with Gasteiger partial charge >= 0.3 is 0 Å². The van der Waals surface area contributed by atoms with Crippen molar-refractivity contribution in [2.45, 2.75) is 44.7 Å². The summed E-state index contributed by atoms with van der Waals surface area (Å²) in [6, 6.07) is 12.7. The molecule has 2 aliphatic rings. The molecule has 210 valence electrons. The Morgan fingerprint density at radius 3 is 2.65 bits per heavy atom. The summed E-state index contributed by atoms with van der Waals surface area (Å²) in [6.45, 7) is 1.58. The largest absolute Gasteiger partial charge is 0.496 e. The highest BCUT2D eigenvalue weighted by atomic mass is 19.1. The van der Waals surface area contributed by atoms with Crippen molar-refractivity contribution < 1.29 is 23.5 Å². The van der Waals surface area contributed by atoms with Crippen molar-refractivity contribution in [3.8, 4) is 5.75 Å². The first-order valence-corrected chi connectivity index (χ1v) is 13.5. The van der Waals surface area contributed by atoms with Crippen molar-refractivity contribution in [3.63, 3.8) is 0 Å². The van der Waals surface area contributed by atoms with Crippen LogP contribution in [0, 0.1) is 11.2 Å². The van der Waals surface area contributed by atoms with E-state index in [1.54, 1.807) is 9.58 Å². The lowest BCUT2D eigenvalue weighted by molar-refractivity contribution is -0.137. The van der Waals surface area contributed by atoms with Crippen LogP contribution in [-0.4, -0.2) is 70.4 Å². The highest BCUT2D eigenvalue weighted by Gasteiger charge is 2.44. The molecule has 10 nitrogen and oxygen atoms in total. The van der Waals surface area contributed by atoms with Crippen molar-refractivity contribution in [1.82, 2.24) is 30.5 Å². The van der Waals surface area contributed by atoms with Crippen molar-refractivity contribution >= 4 is 17.7 Å². The van der Waals surface area contributed by atoms with E-state index in [4.69, 9.17) is 4.74 Å². The summed E-state index contributed by atoms with van der Waals surface area (Å²) in [5.74, 6) is -1.09. The zero-order chi connectivity index (χ0) is 28.1. The van der Waals surface area contributed by atoms with E-state index >= 15 is 0 Å². The van der Waals surface area contributed by atoms with Crippen LogP contribution in [0.3, 0.4) is 0 Å². The lowest BCUT2D eigenvalue weighted by Crippen LogP contribution is -2.56. The second-order valence-corrected chi connectivity index (χ2v) is 10.4. The van der Waals surface area contributed by atoms with Crippen LogP contribution in [0.4, 0.5) is 4.39 Å². The number of nitrogens with one attached hydrogen (secondary N) is 2. The molecule has 1 spiro atoms. The van der Waals surface area contributed by atoms with Gasteiger partial charge in [0.05, 0.1) is 23.8 Å². The van der Waals surface area contributed by atoms with Gasteiger partial charge in [0.1, 0.15) is 17.6 Å². The number of fused-ring (bicyclic) bond motifs is 2. The highest BCUT2D eigenvalue weighted by Crippen LogP contribution is 2.36. The molecular weight excluding hydrogens is 515 g/mol. The van der Waals surface area contributed by atoms with Crippen LogP contribution in [0.2, 0.25) is 0 Å². The smallest absolute Gasteiger partial charge is 0.257 e. The Morgan fingerprint density at radius 2 is 1.90 bits per heavy atom. The van der Waals surface area contributed by atoms with Gasteiger partial charge in [0.2, 0.25) is 11.8 Å². The minimum atomic E-state index is -0.910.